The molecule has 0 fully saturated rings. The molecule has 1 aromatic carbocycles. The third kappa shape index (κ3) is 2.94. The van der Waals surface area contributed by atoms with Gasteiger partial charge < -0.3 is 10.4 Å². The molecule has 1 unspecified atom stereocenters. The number of hydrogen-bond acceptors (Lipinski definition) is 3. The predicted molar refractivity (Wildman–Crippen MR) is 72.0 cm³/mol. The van der Waals surface area contributed by atoms with Gasteiger partial charge in [-0.2, -0.15) is 0 Å². The van der Waals surface area contributed by atoms with Gasteiger partial charge in [-0.3, -0.25) is 0 Å². The van der Waals surface area contributed by atoms with Crippen molar-refractivity contribution in [3.63, 3.8) is 0 Å². The lowest BCUT2D eigenvalue weighted by Crippen LogP contribution is -2.42. The summed E-state index contributed by atoms with van der Waals surface area (Å²) in [6, 6.07) is 14.2. The monoisotopic (exact) mass is 247 g/mol. The lowest BCUT2D eigenvalue weighted by molar-refractivity contribution is 0.174. The Bertz CT molecular complexity index is 441. The van der Waals surface area contributed by atoms with Crippen LogP contribution in [0.1, 0.15) is 17.4 Å². The second-order valence-corrected chi connectivity index (χ2v) is 5.32. The molecule has 1 heterocycles. The third-order valence-electron chi connectivity index (χ3n) is 2.96. The fourth-order valence-corrected chi connectivity index (χ4v) is 2.40. The van der Waals surface area contributed by atoms with Gasteiger partial charge in [0.05, 0.1) is 12.1 Å². The molecule has 0 aliphatic rings. The van der Waals surface area contributed by atoms with E-state index in [9.17, 15) is 5.11 Å². The van der Waals surface area contributed by atoms with Crippen molar-refractivity contribution >= 4 is 11.3 Å². The first-order valence-electron chi connectivity index (χ1n) is 5.68. The van der Waals surface area contributed by atoms with E-state index >= 15 is 0 Å². The van der Waals surface area contributed by atoms with E-state index in [1.807, 2.05) is 43.3 Å². The minimum atomic E-state index is -0.384. The van der Waals surface area contributed by atoms with Crippen molar-refractivity contribution in [1.82, 2.24) is 5.32 Å². The van der Waals surface area contributed by atoms with Gasteiger partial charge in [0.15, 0.2) is 0 Å². The van der Waals surface area contributed by atoms with Crippen LogP contribution in [0.25, 0.3) is 0 Å². The molecule has 2 rings (SSSR count). The lowest BCUT2D eigenvalue weighted by Gasteiger charge is -2.29. The molecule has 0 spiro atoms. The highest BCUT2D eigenvalue weighted by atomic mass is 32.1. The maximum Gasteiger partial charge on any atom is 0.0652 e. The van der Waals surface area contributed by atoms with Crippen molar-refractivity contribution in [2.75, 3.05) is 6.61 Å². The molecule has 0 saturated carbocycles. The van der Waals surface area contributed by atoms with Crippen LogP contribution in [0.4, 0.5) is 0 Å². The van der Waals surface area contributed by atoms with Gasteiger partial charge in [-0.1, -0.05) is 36.4 Å². The van der Waals surface area contributed by atoms with E-state index < -0.39 is 0 Å². The van der Waals surface area contributed by atoms with Crippen molar-refractivity contribution in [2.45, 2.75) is 19.0 Å². The van der Waals surface area contributed by atoms with Crippen LogP contribution in [0, 0.1) is 0 Å². The Morgan fingerprint density at radius 2 is 1.94 bits per heavy atom. The predicted octanol–water partition coefficient (Wildman–Crippen LogP) is 2.75. The van der Waals surface area contributed by atoms with Crippen LogP contribution in [-0.2, 0) is 12.1 Å². The summed E-state index contributed by atoms with van der Waals surface area (Å²) in [6.45, 7) is 2.89. The van der Waals surface area contributed by atoms with Gasteiger partial charge in [0, 0.05) is 11.4 Å². The van der Waals surface area contributed by atoms with E-state index in [1.165, 1.54) is 4.88 Å². The number of aliphatic hydroxyl groups is 1. The van der Waals surface area contributed by atoms with Crippen LogP contribution < -0.4 is 5.32 Å². The molecular formula is C14H17NOS. The average Bonchev–Trinajstić information content (AvgIpc) is 2.90. The summed E-state index contributed by atoms with van der Waals surface area (Å²) in [6.07, 6.45) is 0. The highest BCUT2D eigenvalue weighted by Gasteiger charge is 2.24. The molecule has 2 aromatic rings. The summed E-state index contributed by atoms with van der Waals surface area (Å²) in [5.74, 6) is 0. The molecular weight excluding hydrogens is 230 g/mol. The first-order chi connectivity index (χ1) is 8.24. The number of rotatable bonds is 5. The van der Waals surface area contributed by atoms with Gasteiger partial charge in [-0.05, 0) is 23.9 Å². The second kappa shape index (κ2) is 5.45. The zero-order valence-corrected chi connectivity index (χ0v) is 10.7. The molecule has 0 radical (unpaired) electrons. The Morgan fingerprint density at radius 1 is 1.18 bits per heavy atom. The van der Waals surface area contributed by atoms with Crippen LogP contribution in [0.3, 0.4) is 0 Å². The zero-order valence-electron chi connectivity index (χ0n) is 9.89. The number of hydrogen-bond donors (Lipinski definition) is 2. The summed E-state index contributed by atoms with van der Waals surface area (Å²) in [5.41, 5.74) is 0.727. The van der Waals surface area contributed by atoms with E-state index in [1.54, 1.807) is 11.3 Å². The molecule has 0 aliphatic carbocycles. The normalized spacial score (nSPS) is 14.5. The molecule has 2 N–H and O–H groups in total. The Balaban J connectivity index is 2.09. The first-order valence-corrected chi connectivity index (χ1v) is 6.56. The van der Waals surface area contributed by atoms with Crippen LogP contribution in [0.5, 0.6) is 0 Å². The number of aliphatic hydroxyl groups excluding tert-OH is 1. The van der Waals surface area contributed by atoms with Crippen LogP contribution >= 0.6 is 11.3 Å². The van der Waals surface area contributed by atoms with Crippen LogP contribution in [-0.4, -0.2) is 11.7 Å². The first kappa shape index (κ1) is 12.3. The van der Waals surface area contributed by atoms with Gasteiger partial charge in [0.2, 0.25) is 0 Å². The topological polar surface area (TPSA) is 32.3 Å². The number of thiophene rings is 1. The van der Waals surface area contributed by atoms with E-state index in [0.29, 0.717) is 0 Å². The van der Waals surface area contributed by atoms with E-state index in [4.69, 9.17) is 0 Å². The molecule has 2 nitrogen and oxygen atoms in total. The van der Waals surface area contributed by atoms with Crippen molar-refractivity contribution in [2.24, 2.45) is 0 Å². The summed E-state index contributed by atoms with van der Waals surface area (Å²) in [7, 11) is 0. The van der Waals surface area contributed by atoms with Crippen LogP contribution in [0.15, 0.2) is 47.8 Å². The SMILES string of the molecule is CC(CO)(NCc1cccs1)c1ccccc1. The molecule has 0 saturated heterocycles. The largest absolute Gasteiger partial charge is 0.394 e. The Morgan fingerprint density at radius 3 is 2.53 bits per heavy atom. The highest BCUT2D eigenvalue weighted by Crippen LogP contribution is 2.21. The maximum atomic E-state index is 9.61. The van der Waals surface area contributed by atoms with Crippen molar-refractivity contribution in [3.05, 3.63) is 58.3 Å². The molecule has 0 aliphatic heterocycles. The molecule has 1 aromatic heterocycles. The van der Waals surface area contributed by atoms with Crippen molar-refractivity contribution < 1.29 is 5.11 Å². The molecule has 90 valence electrons. The Hall–Kier alpha value is -1.16. The molecule has 0 amide bonds. The fraction of sp³-hybridized carbons (Fsp3) is 0.286. The van der Waals surface area contributed by atoms with Gasteiger partial charge in [0.25, 0.3) is 0 Å². The van der Waals surface area contributed by atoms with Crippen molar-refractivity contribution in [1.29, 1.82) is 0 Å². The molecule has 17 heavy (non-hydrogen) atoms. The quantitative estimate of drug-likeness (QED) is 0.851. The standard InChI is InChI=1S/C14H17NOS/c1-14(11-16,12-6-3-2-4-7-12)15-10-13-8-5-9-17-13/h2-9,15-16H,10-11H2,1H3. The Labute approximate surface area is 106 Å². The van der Waals surface area contributed by atoms with Gasteiger partial charge in [0.1, 0.15) is 0 Å². The number of nitrogens with one attached hydrogen (secondary N) is 1. The minimum Gasteiger partial charge on any atom is -0.394 e. The van der Waals surface area contributed by atoms with E-state index in [2.05, 4.69) is 16.8 Å². The lowest BCUT2D eigenvalue weighted by atomic mass is 9.93. The second-order valence-electron chi connectivity index (χ2n) is 4.29. The van der Waals surface area contributed by atoms with Gasteiger partial charge >= 0.3 is 0 Å². The van der Waals surface area contributed by atoms with E-state index in [0.717, 1.165) is 12.1 Å². The third-order valence-corrected chi connectivity index (χ3v) is 3.84. The average molecular weight is 247 g/mol. The van der Waals surface area contributed by atoms with Gasteiger partial charge in [-0.25, -0.2) is 0 Å². The Kier molecular flexibility index (Phi) is 3.94. The molecule has 0 bridgehead atoms. The minimum absolute atomic E-state index is 0.0857. The van der Waals surface area contributed by atoms with E-state index in [-0.39, 0.29) is 12.1 Å². The summed E-state index contributed by atoms with van der Waals surface area (Å²) < 4.78 is 0. The fourth-order valence-electron chi connectivity index (χ4n) is 1.75. The molecule has 1 atom stereocenters. The molecule has 3 heteroatoms. The smallest absolute Gasteiger partial charge is 0.0652 e. The van der Waals surface area contributed by atoms with Crippen molar-refractivity contribution in [3.8, 4) is 0 Å². The highest BCUT2D eigenvalue weighted by molar-refractivity contribution is 7.09. The van der Waals surface area contributed by atoms with Crippen LogP contribution in [0.2, 0.25) is 0 Å². The van der Waals surface area contributed by atoms with Gasteiger partial charge in [-0.15, -0.1) is 11.3 Å². The zero-order chi connectivity index (χ0) is 12.1. The summed E-state index contributed by atoms with van der Waals surface area (Å²) in [4.78, 5) is 1.28. The maximum absolute atomic E-state index is 9.61. The summed E-state index contributed by atoms with van der Waals surface area (Å²) in [5, 5.41) is 15.1. The number of benzene rings is 1. The summed E-state index contributed by atoms with van der Waals surface area (Å²) >= 11 is 1.73.